The van der Waals surface area contributed by atoms with Crippen LogP contribution in [0.5, 0.6) is 0 Å². The van der Waals surface area contributed by atoms with Gasteiger partial charge in [0.15, 0.2) is 0 Å². The molecule has 2 nitrogen and oxygen atoms in total. The van der Waals surface area contributed by atoms with E-state index in [1.165, 1.54) is 12.1 Å². The first-order chi connectivity index (χ1) is 9.51. The number of rotatable bonds is 3. The molecule has 0 amide bonds. The van der Waals surface area contributed by atoms with Crippen molar-refractivity contribution in [2.24, 2.45) is 0 Å². The molecule has 1 unspecified atom stereocenters. The monoisotopic (exact) mass is 292 g/mol. The van der Waals surface area contributed by atoms with Gasteiger partial charge in [-0.05, 0) is 31.2 Å². The third-order valence-electron chi connectivity index (χ3n) is 2.90. The number of nitrogens with zero attached hydrogens (tertiary/aromatic N) is 1. The fraction of sp³-hybridized carbons (Fsp3) is 0.133. The van der Waals surface area contributed by atoms with Crippen molar-refractivity contribution in [3.8, 4) is 6.07 Å². The van der Waals surface area contributed by atoms with E-state index in [-0.39, 0.29) is 6.04 Å². The summed E-state index contributed by atoms with van der Waals surface area (Å²) >= 11 is 5.84. The van der Waals surface area contributed by atoms with Gasteiger partial charge in [-0.15, -0.1) is 0 Å². The van der Waals surface area contributed by atoms with E-state index in [0.717, 1.165) is 6.07 Å². The lowest BCUT2D eigenvalue weighted by molar-refractivity contribution is 0.566. The van der Waals surface area contributed by atoms with Gasteiger partial charge in [-0.3, -0.25) is 0 Å². The fourth-order valence-corrected chi connectivity index (χ4v) is 2.04. The lowest BCUT2D eigenvalue weighted by atomic mass is 10.1. The maximum absolute atomic E-state index is 13.7. The van der Waals surface area contributed by atoms with Gasteiger partial charge in [0.1, 0.15) is 17.7 Å². The van der Waals surface area contributed by atoms with Gasteiger partial charge in [-0.25, -0.2) is 8.78 Å². The van der Waals surface area contributed by atoms with Gasteiger partial charge in [0.2, 0.25) is 0 Å². The second-order valence-corrected chi connectivity index (χ2v) is 4.75. The normalized spacial score (nSPS) is 11.8. The van der Waals surface area contributed by atoms with Crippen molar-refractivity contribution >= 4 is 17.3 Å². The Morgan fingerprint density at radius 3 is 2.60 bits per heavy atom. The molecule has 0 aliphatic rings. The Balaban J connectivity index is 2.23. The Morgan fingerprint density at radius 2 is 1.95 bits per heavy atom. The summed E-state index contributed by atoms with van der Waals surface area (Å²) < 4.78 is 26.5. The van der Waals surface area contributed by atoms with Crippen LogP contribution in [-0.4, -0.2) is 0 Å². The van der Waals surface area contributed by atoms with Crippen molar-refractivity contribution in [2.75, 3.05) is 5.32 Å². The molecule has 0 saturated carbocycles. The summed E-state index contributed by atoms with van der Waals surface area (Å²) in [5.74, 6) is -1.23. The molecule has 0 bridgehead atoms. The molecule has 20 heavy (non-hydrogen) atoms. The summed E-state index contributed by atoms with van der Waals surface area (Å²) in [6.45, 7) is 1.75. The highest BCUT2D eigenvalue weighted by Crippen LogP contribution is 2.25. The maximum atomic E-state index is 13.7. The van der Waals surface area contributed by atoms with Crippen LogP contribution in [0.15, 0.2) is 36.4 Å². The Labute approximate surface area is 120 Å². The minimum absolute atomic E-state index is 0.337. The summed E-state index contributed by atoms with van der Waals surface area (Å²) in [5.41, 5.74) is 1.32. The zero-order valence-corrected chi connectivity index (χ0v) is 11.4. The average Bonchev–Trinajstić information content (AvgIpc) is 2.40. The first-order valence-electron chi connectivity index (χ1n) is 5.92. The predicted octanol–water partition coefficient (Wildman–Crippen LogP) is 4.66. The molecule has 2 aromatic carbocycles. The molecule has 0 aliphatic carbocycles. The number of benzene rings is 2. The minimum atomic E-state index is -0.614. The Hall–Kier alpha value is -2.12. The lowest BCUT2D eigenvalue weighted by Crippen LogP contribution is -2.09. The summed E-state index contributed by atoms with van der Waals surface area (Å²) in [6, 6.07) is 9.92. The predicted molar refractivity (Wildman–Crippen MR) is 74.6 cm³/mol. The first kappa shape index (κ1) is 14.3. The van der Waals surface area contributed by atoms with Crippen LogP contribution < -0.4 is 5.32 Å². The molecule has 0 saturated heterocycles. The second-order valence-electron chi connectivity index (χ2n) is 4.34. The van der Waals surface area contributed by atoms with E-state index >= 15 is 0 Å². The standard InChI is InChI=1S/C15H11ClF2N2/c1-9(13-4-2-11(17)7-15(13)18)20-12-3-5-14(16)10(6-12)8-19/h2-7,9,20H,1H3. The summed E-state index contributed by atoms with van der Waals surface area (Å²) in [7, 11) is 0. The summed E-state index contributed by atoms with van der Waals surface area (Å²) in [6.07, 6.45) is 0. The topological polar surface area (TPSA) is 35.8 Å². The van der Waals surface area contributed by atoms with Crippen LogP contribution in [0.2, 0.25) is 5.02 Å². The summed E-state index contributed by atoms with van der Waals surface area (Å²) in [5, 5.41) is 12.3. The van der Waals surface area contributed by atoms with E-state index in [4.69, 9.17) is 16.9 Å². The molecule has 0 aliphatic heterocycles. The van der Waals surface area contributed by atoms with Crippen LogP contribution in [0.3, 0.4) is 0 Å². The lowest BCUT2D eigenvalue weighted by Gasteiger charge is -2.16. The van der Waals surface area contributed by atoms with Crippen molar-refractivity contribution in [2.45, 2.75) is 13.0 Å². The van der Waals surface area contributed by atoms with E-state index in [9.17, 15) is 8.78 Å². The van der Waals surface area contributed by atoms with Crippen molar-refractivity contribution in [1.82, 2.24) is 0 Å². The highest BCUT2D eigenvalue weighted by Gasteiger charge is 2.12. The average molecular weight is 293 g/mol. The molecule has 0 radical (unpaired) electrons. The van der Waals surface area contributed by atoms with Gasteiger partial charge >= 0.3 is 0 Å². The number of hydrogen-bond donors (Lipinski definition) is 1. The molecular weight excluding hydrogens is 282 g/mol. The molecular formula is C15H11ClF2N2. The number of halogens is 3. The zero-order chi connectivity index (χ0) is 14.7. The van der Waals surface area contributed by atoms with E-state index < -0.39 is 11.6 Å². The van der Waals surface area contributed by atoms with Crippen molar-refractivity contribution < 1.29 is 8.78 Å². The number of nitrogens with one attached hydrogen (secondary N) is 1. The number of nitriles is 1. The van der Waals surface area contributed by atoms with Gasteiger partial charge in [-0.1, -0.05) is 17.7 Å². The highest BCUT2D eigenvalue weighted by atomic mass is 35.5. The van der Waals surface area contributed by atoms with Crippen LogP contribution in [0, 0.1) is 23.0 Å². The van der Waals surface area contributed by atoms with Gasteiger partial charge in [0, 0.05) is 17.3 Å². The molecule has 0 aromatic heterocycles. The SMILES string of the molecule is CC(Nc1ccc(Cl)c(C#N)c1)c1ccc(F)cc1F. The second kappa shape index (κ2) is 5.89. The van der Waals surface area contributed by atoms with Gasteiger partial charge in [0.05, 0.1) is 16.6 Å². The molecule has 0 spiro atoms. The molecule has 1 atom stereocenters. The van der Waals surface area contributed by atoms with Crippen molar-refractivity contribution in [3.05, 3.63) is 64.2 Å². The molecule has 5 heteroatoms. The summed E-state index contributed by atoms with van der Waals surface area (Å²) in [4.78, 5) is 0. The van der Waals surface area contributed by atoms with Crippen LogP contribution in [-0.2, 0) is 0 Å². The van der Waals surface area contributed by atoms with Crippen LogP contribution >= 0.6 is 11.6 Å². The quantitative estimate of drug-likeness (QED) is 0.893. The number of hydrogen-bond acceptors (Lipinski definition) is 2. The van der Waals surface area contributed by atoms with Crippen LogP contribution in [0.1, 0.15) is 24.1 Å². The smallest absolute Gasteiger partial charge is 0.131 e. The zero-order valence-electron chi connectivity index (χ0n) is 10.6. The fourth-order valence-electron chi connectivity index (χ4n) is 1.88. The van der Waals surface area contributed by atoms with Gasteiger partial charge in [0.25, 0.3) is 0 Å². The van der Waals surface area contributed by atoms with E-state index in [2.05, 4.69) is 5.32 Å². The molecule has 102 valence electrons. The Morgan fingerprint density at radius 1 is 1.20 bits per heavy atom. The van der Waals surface area contributed by atoms with E-state index in [0.29, 0.717) is 21.8 Å². The minimum Gasteiger partial charge on any atom is -0.378 e. The Bertz CT molecular complexity index is 680. The van der Waals surface area contributed by atoms with Crippen LogP contribution in [0.25, 0.3) is 0 Å². The molecule has 0 fully saturated rings. The van der Waals surface area contributed by atoms with Crippen LogP contribution in [0.4, 0.5) is 14.5 Å². The van der Waals surface area contributed by atoms with E-state index in [1.54, 1.807) is 25.1 Å². The number of anilines is 1. The maximum Gasteiger partial charge on any atom is 0.131 e. The third kappa shape index (κ3) is 3.06. The van der Waals surface area contributed by atoms with Gasteiger partial charge in [-0.2, -0.15) is 5.26 Å². The molecule has 0 heterocycles. The molecule has 1 N–H and O–H groups in total. The van der Waals surface area contributed by atoms with Gasteiger partial charge < -0.3 is 5.32 Å². The largest absolute Gasteiger partial charge is 0.378 e. The highest BCUT2D eigenvalue weighted by molar-refractivity contribution is 6.31. The van der Waals surface area contributed by atoms with Crippen molar-refractivity contribution in [1.29, 1.82) is 5.26 Å². The first-order valence-corrected chi connectivity index (χ1v) is 6.30. The Kier molecular flexibility index (Phi) is 4.21. The molecule has 2 aromatic rings. The van der Waals surface area contributed by atoms with Crippen molar-refractivity contribution in [3.63, 3.8) is 0 Å². The third-order valence-corrected chi connectivity index (χ3v) is 3.23. The van der Waals surface area contributed by atoms with E-state index in [1.807, 2.05) is 6.07 Å². The molecule has 2 rings (SSSR count).